The number of rotatable bonds is 4. The van der Waals surface area contributed by atoms with E-state index in [1.54, 1.807) is 0 Å². The third kappa shape index (κ3) is 3.97. The molecule has 0 fully saturated rings. The maximum atomic E-state index is 12.9. The van der Waals surface area contributed by atoms with Crippen molar-refractivity contribution in [1.29, 1.82) is 0 Å². The van der Waals surface area contributed by atoms with E-state index in [0.29, 0.717) is 17.7 Å². The minimum absolute atomic E-state index is 0.102. The molecule has 0 N–H and O–H groups in total. The van der Waals surface area contributed by atoms with Crippen LogP contribution in [0, 0.1) is 13.8 Å². The Kier molecular flexibility index (Phi) is 5.22. The molecule has 5 nitrogen and oxygen atoms in total. The first-order valence-corrected chi connectivity index (χ1v) is 10.3. The van der Waals surface area contributed by atoms with Gasteiger partial charge in [0.2, 0.25) is 11.8 Å². The number of hydrogen-bond acceptors (Lipinski definition) is 5. The van der Waals surface area contributed by atoms with E-state index < -0.39 is 0 Å². The Balaban J connectivity index is 1.43. The van der Waals surface area contributed by atoms with Gasteiger partial charge in [-0.2, -0.15) is 0 Å². The third-order valence-electron chi connectivity index (χ3n) is 4.94. The van der Waals surface area contributed by atoms with Crippen LogP contribution in [0.4, 0.5) is 0 Å². The first-order chi connectivity index (χ1) is 13.5. The van der Waals surface area contributed by atoms with E-state index in [9.17, 15) is 4.79 Å². The molecule has 0 saturated carbocycles. The van der Waals surface area contributed by atoms with Crippen molar-refractivity contribution in [1.82, 2.24) is 15.1 Å². The predicted molar refractivity (Wildman–Crippen MR) is 110 cm³/mol. The standard InChI is InChI=1S/C22H23N3O2S/c1-14-10-15(2)12-19(11-14)20-23-24-22(27-20)28-16(3)21(26)25-9-8-17-6-4-5-7-18(17)13-25/h4-7,10-12,16H,8-9,13H2,1-3H3/t16-/m0/s1. The Morgan fingerprint density at radius 1 is 1.11 bits per heavy atom. The number of hydrogen-bond donors (Lipinski definition) is 0. The number of carbonyl (C=O) groups is 1. The SMILES string of the molecule is Cc1cc(C)cc(-c2nnc(S[C@@H](C)C(=O)N3CCc4ccccc4C3)o2)c1. The van der Waals surface area contributed by atoms with Gasteiger partial charge in [-0.25, -0.2) is 0 Å². The molecule has 2 aromatic carbocycles. The molecule has 4 rings (SSSR count). The fourth-order valence-electron chi connectivity index (χ4n) is 3.61. The van der Waals surface area contributed by atoms with E-state index in [2.05, 4.69) is 34.5 Å². The number of carbonyl (C=O) groups excluding carboxylic acids is 1. The second-order valence-electron chi connectivity index (χ2n) is 7.29. The van der Waals surface area contributed by atoms with E-state index in [-0.39, 0.29) is 11.2 Å². The van der Waals surface area contributed by atoms with Crippen LogP contribution in [0.1, 0.15) is 29.2 Å². The minimum atomic E-state index is -0.280. The van der Waals surface area contributed by atoms with Gasteiger partial charge in [-0.05, 0) is 50.5 Å². The molecule has 0 aliphatic carbocycles. The normalized spacial score (nSPS) is 14.6. The highest BCUT2D eigenvalue weighted by Crippen LogP contribution is 2.29. The zero-order valence-electron chi connectivity index (χ0n) is 16.3. The second-order valence-corrected chi connectivity index (χ2v) is 8.58. The summed E-state index contributed by atoms with van der Waals surface area (Å²) in [4.78, 5) is 14.8. The smallest absolute Gasteiger partial charge is 0.277 e. The van der Waals surface area contributed by atoms with Crippen LogP contribution in [0.2, 0.25) is 0 Å². The summed E-state index contributed by atoms with van der Waals surface area (Å²) in [5.41, 5.74) is 5.77. The monoisotopic (exact) mass is 393 g/mol. The minimum Gasteiger partial charge on any atom is -0.411 e. The Bertz CT molecular complexity index is 994. The molecule has 0 spiro atoms. The molecule has 28 heavy (non-hydrogen) atoms. The number of amides is 1. The molecule has 0 bridgehead atoms. The van der Waals surface area contributed by atoms with Crippen molar-refractivity contribution in [2.45, 2.75) is 44.2 Å². The van der Waals surface area contributed by atoms with Crippen molar-refractivity contribution < 1.29 is 9.21 Å². The van der Waals surface area contributed by atoms with Crippen LogP contribution in [-0.4, -0.2) is 32.8 Å². The van der Waals surface area contributed by atoms with Crippen LogP contribution in [0.15, 0.2) is 52.1 Å². The number of aryl methyl sites for hydroxylation is 2. The summed E-state index contributed by atoms with van der Waals surface area (Å²) < 4.78 is 5.81. The first-order valence-electron chi connectivity index (χ1n) is 9.44. The molecule has 0 unspecified atom stereocenters. The molecule has 1 aromatic heterocycles. The Labute approximate surface area is 169 Å². The van der Waals surface area contributed by atoms with Gasteiger partial charge in [0.15, 0.2) is 0 Å². The molecule has 1 amide bonds. The number of nitrogens with zero attached hydrogens (tertiary/aromatic N) is 3. The van der Waals surface area contributed by atoms with Crippen LogP contribution in [-0.2, 0) is 17.8 Å². The van der Waals surface area contributed by atoms with E-state index in [1.165, 1.54) is 22.9 Å². The van der Waals surface area contributed by atoms with Crippen molar-refractivity contribution >= 4 is 17.7 Å². The zero-order chi connectivity index (χ0) is 19.7. The van der Waals surface area contributed by atoms with Crippen LogP contribution in [0.5, 0.6) is 0 Å². The maximum Gasteiger partial charge on any atom is 0.277 e. The fraction of sp³-hybridized carbons (Fsp3) is 0.318. The van der Waals surface area contributed by atoms with Gasteiger partial charge in [-0.15, -0.1) is 10.2 Å². The lowest BCUT2D eigenvalue weighted by atomic mass is 10.00. The van der Waals surface area contributed by atoms with Gasteiger partial charge in [-0.1, -0.05) is 53.2 Å². The molecule has 3 aromatic rings. The van der Waals surface area contributed by atoms with Crippen molar-refractivity contribution in [2.24, 2.45) is 0 Å². The van der Waals surface area contributed by atoms with Crippen molar-refractivity contribution in [2.75, 3.05) is 6.54 Å². The molecule has 2 heterocycles. The molecule has 0 radical (unpaired) electrons. The van der Waals surface area contributed by atoms with Crippen LogP contribution < -0.4 is 0 Å². The van der Waals surface area contributed by atoms with Gasteiger partial charge in [-0.3, -0.25) is 4.79 Å². The van der Waals surface area contributed by atoms with Gasteiger partial charge in [0.05, 0.1) is 5.25 Å². The summed E-state index contributed by atoms with van der Waals surface area (Å²) in [6.45, 7) is 7.39. The van der Waals surface area contributed by atoms with E-state index in [1.807, 2.05) is 43.9 Å². The zero-order valence-corrected chi connectivity index (χ0v) is 17.1. The van der Waals surface area contributed by atoms with E-state index in [0.717, 1.165) is 29.7 Å². The first kappa shape index (κ1) is 18.7. The Morgan fingerprint density at radius 3 is 2.57 bits per heavy atom. The molecule has 1 aliphatic heterocycles. The van der Waals surface area contributed by atoms with Crippen LogP contribution >= 0.6 is 11.8 Å². The average Bonchev–Trinajstić information content (AvgIpc) is 3.15. The highest BCUT2D eigenvalue weighted by atomic mass is 32.2. The Hall–Kier alpha value is -2.60. The summed E-state index contributed by atoms with van der Waals surface area (Å²) in [6, 6.07) is 14.5. The third-order valence-corrected chi connectivity index (χ3v) is 5.86. The molecule has 0 saturated heterocycles. The van der Waals surface area contributed by atoms with Gasteiger partial charge in [0.1, 0.15) is 0 Å². The topological polar surface area (TPSA) is 59.2 Å². The molecule has 144 valence electrons. The largest absolute Gasteiger partial charge is 0.411 e. The lowest BCUT2D eigenvalue weighted by Crippen LogP contribution is -2.40. The van der Waals surface area contributed by atoms with Gasteiger partial charge >= 0.3 is 0 Å². The highest BCUT2D eigenvalue weighted by molar-refractivity contribution is 8.00. The molecule has 1 aliphatic rings. The van der Waals surface area contributed by atoms with Gasteiger partial charge in [0.25, 0.3) is 5.22 Å². The Morgan fingerprint density at radius 2 is 1.82 bits per heavy atom. The lowest BCUT2D eigenvalue weighted by Gasteiger charge is -2.30. The van der Waals surface area contributed by atoms with Crippen LogP contribution in [0.25, 0.3) is 11.5 Å². The van der Waals surface area contributed by atoms with Crippen LogP contribution in [0.3, 0.4) is 0 Å². The summed E-state index contributed by atoms with van der Waals surface area (Å²) in [6.07, 6.45) is 0.900. The number of benzene rings is 2. The average molecular weight is 394 g/mol. The summed E-state index contributed by atoms with van der Waals surface area (Å²) >= 11 is 1.32. The number of aromatic nitrogens is 2. The van der Waals surface area contributed by atoms with Gasteiger partial charge in [0, 0.05) is 18.7 Å². The molecule has 6 heteroatoms. The highest BCUT2D eigenvalue weighted by Gasteiger charge is 2.26. The number of thioether (sulfide) groups is 1. The maximum absolute atomic E-state index is 12.9. The quantitative estimate of drug-likeness (QED) is 0.614. The molecular weight excluding hydrogens is 370 g/mol. The fourth-order valence-corrected chi connectivity index (χ4v) is 4.38. The van der Waals surface area contributed by atoms with Crippen molar-refractivity contribution in [3.63, 3.8) is 0 Å². The lowest BCUT2D eigenvalue weighted by molar-refractivity contribution is -0.131. The van der Waals surface area contributed by atoms with Gasteiger partial charge < -0.3 is 9.32 Å². The predicted octanol–water partition coefficient (Wildman–Crippen LogP) is 4.42. The summed E-state index contributed by atoms with van der Waals surface area (Å²) in [7, 11) is 0. The summed E-state index contributed by atoms with van der Waals surface area (Å²) in [5.74, 6) is 0.589. The van der Waals surface area contributed by atoms with E-state index >= 15 is 0 Å². The number of fused-ring (bicyclic) bond motifs is 1. The summed E-state index contributed by atoms with van der Waals surface area (Å²) in [5, 5.41) is 8.44. The molecular formula is C22H23N3O2S. The van der Waals surface area contributed by atoms with Crippen molar-refractivity contribution in [3.8, 4) is 11.5 Å². The van der Waals surface area contributed by atoms with Crippen molar-refractivity contribution in [3.05, 3.63) is 64.7 Å². The van der Waals surface area contributed by atoms with E-state index in [4.69, 9.17) is 4.42 Å². The second kappa shape index (κ2) is 7.80. The molecule has 1 atom stereocenters.